The second-order valence-corrected chi connectivity index (χ2v) is 17.4. The first kappa shape index (κ1) is 49.6. The second kappa shape index (κ2) is 21.5. The highest BCUT2D eigenvalue weighted by Gasteiger charge is 2.53. The van der Waals surface area contributed by atoms with Crippen LogP contribution in [0.5, 0.6) is 0 Å². The summed E-state index contributed by atoms with van der Waals surface area (Å²) in [5, 5.41) is 39.4. The van der Waals surface area contributed by atoms with Crippen molar-refractivity contribution in [2.45, 2.75) is 145 Å². The zero-order chi connectivity index (χ0) is 47.2. The minimum atomic E-state index is -1.53. The van der Waals surface area contributed by atoms with Crippen molar-refractivity contribution in [1.82, 2.24) is 40.9 Å². The number of amides is 10. The summed E-state index contributed by atoms with van der Waals surface area (Å²) in [4.78, 5) is 137. The lowest BCUT2D eigenvalue weighted by Crippen LogP contribution is -2.59. The number of nitrogens with one attached hydrogen (secondary N) is 4. The average molecular weight is 907 g/mol. The molecule has 0 aromatic rings. The fourth-order valence-corrected chi connectivity index (χ4v) is 9.01. The molecule has 0 aromatic heterocycles. The van der Waals surface area contributed by atoms with Crippen molar-refractivity contribution < 1.29 is 68.0 Å². The van der Waals surface area contributed by atoms with E-state index in [0.29, 0.717) is 38.5 Å². The first-order chi connectivity index (χ1) is 30.3. The molecular weight excluding hydrogens is 844 g/mol. The van der Waals surface area contributed by atoms with Gasteiger partial charge in [0.15, 0.2) is 12.2 Å². The number of aliphatic hydroxyl groups is 3. The molecule has 24 heteroatoms. The summed E-state index contributed by atoms with van der Waals surface area (Å²) in [7, 11) is 0. The summed E-state index contributed by atoms with van der Waals surface area (Å²) in [6.07, 6.45) is -0.994. The number of primary amides is 2. The van der Waals surface area contributed by atoms with E-state index in [1.807, 2.05) is 13.8 Å². The van der Waals surface area contributed by atoms with Crippen LogP contribution in [-0.4, -0.2) is 200 Å². The van der Waals surface area contributed by atoms with Crippen molar-refractivity contribution in [3.8, 4) is 0 Å². The van der Waals surface area contributed by atoms with Gasteiger partial charge in [0.2, 0.25) is 47.3 Å². The molecule has 5 aliphatic rings. The molecule has 356 valence electrons. The number of nitrogens with zero attached hydrogens (tertiary/aromatic N) is 4. The Labute approximate surface area is 369 Å². The Kier molecular flexibility index (Phi) is 16.6. The van der Waals surface area contributed by atoms with E-state index in [4.69, 9.17) is 16.2 Å². The monoisotopic (exact) mass is 906 g/mol. The Morgan fingerprint density at radius 2 is 0.938 bits per heavy atom. The van der Waals surface area contributed by atoms with Crippen LogP contribution >= 0.6 is 0 Å². The standard InChI is InChI=1S/C40H62N10O14/c1-19(2)16-21(37(60)47-12-4-9-25(47)34(57)46-28(20(3)53)32(42)55)43-35(58)29-30(64-29)36(59)45-23(18-52)38(61)49-14-6-10-26(49)40(63)50-15-7-11-27(50)39(62)48-13-5-8-24(48)33(56)44-22(17-51)31(41)54/h19-30,51-53H,4-18H2,1-3H3,(H2,41,54)(H2,42,55)(H,43,58)(H,44,56)(H,45,59)(H,46,57)/t20-,21+,22+,23+,24+,25+,26+,27+,28+,29-,30-/m1/s1. The molecule has 5 saturated heterocycles. The van der Waals surface area contributed by atoms with Gasteiger partial charge in [0, 0.05) is 26.2 Å². The molecule has 11 N–H and O–H groups in total. The Morgan fingerprint density at radius 1 is 0.547 bits per heavy atom. The zero-order valence-electron chi connectivity index (χ0n) is 36.3. The van der Waals surface area contributed by atoms with E-state index in [9.17, 15) is 63.3 Å². The fraction of sp³-hybridized carbons (Fsp3) is 0.750. The molecule has 64 heavy (non-hydrogen) atoms. The number of hydrogen-bond donors (Lipinski definition) is 9. The molecule has 0 bridgehead atoms. The number of epoxide rings is 1. The third-order valence-corrected chi connectivity index (χ3v) is 12.4. The summed E-state index contributed by atoms with van der Waals surface area (Å²) in [6.45, 7) is 4.03. The van der Waals surface area contributed by atoms with Crippen LogP contribution in [0.25, 0.3) is 0 Å². The molecule has 5 aliphatic heterocycles. The normalized spacial score (nSPS) is 26.4. The van der Waals surface area contributed by atoms with Crippen LogP contribution in [-0.2, 0) is 52.7 Å². The highest BCUT2D eigenvalue weighted by molar-refractivity contribution is 6.01. The molecule has 0 aromatic carbocycles. The summed E-state index contributed by atoms with van der Waals surface area (Å²) < 4.78 is 5.37. The van der Waals surface area contributed by atoms with Gasteiger partial charge in [-0.25, -0.2) is 0 Å². The fourth-order valence-electron chi connectivity index (χ4n) is 9.01. The highest BCUT2D eigenvalue weighted by atomic mass is 16.6. The second-order valence-electron chi connectivity index (χ2n) is 17.4. The lowest BCUT2D eigenvalue weighted by Gasteiger charge is -2.34. The van der Waals surface area contributed by atoms with Crippen molar-refractivity contribution in [3.05, 3.63) is 0 Å². The Bertz CT molecular complexity index is 1830. The summed E-state index contributed by atoms with van der Waals surface area (Å²) in [5.74, 6) is -7.43. The molecule has 10 amide bonds. The topological polar surface area (TPSA) is 357 Å². The van der Waals surface area contributed by atoms with Gasteiger partial charge in [-0.1, -0.05) is 13.8 Å². The molecule has 24 nitrogen and oxygen atoms in total. The van der Waals surface area contributed by atoms with E-state index >= 15 is 0 Å². The highest BCUT2D eigenvalue weighted by Crippen LogP contribution is 2.30. The summed E-state index contributed by atoms with van der Waals surface area (Å²) in [5.41, 5.74) is 10.6. The number of aliphatic hydroxyl groups excluding tert-OH is 3. The van der Waals surface area contributed by atoms with Gasteiger partial charge in [0.05, 0.1) is 19.3 Å². The SMILES string of the molecule is CC(C)C[C@H](NC(=O)[C@@H]1O[C@H]1C(=O)N[C@@H](CO)C(=O)N1CCC[C@H]1C(=O)N1CCC[C@H]1C(=O)N1CCC[C@H]1C(=O)N[C@@H](CO)C(N)=O)C(=O)N1CCC[C@H]1C(=O)N[C@H](C(N)=O)[C@@H](C)O. The molecule has 0 aliphatic carbocycles. The number of rotatable bonds is 19. The van der Waals surface area contributed by atoms with E-state index in [2.05, 4.69) is 21.3 Å². The van der Waals surface area contributed by atoms with Crippen LogP contribution in [0.3, 0.4) is 0 Å². The molecule has 0 spiro atoms. The number of nitrogens with two attached hydrogens (primary N) is 2. The van der Waals surface area contributed by atoms with E-state index < -0.39 is 139 Å². The average Bonchev–Trinajstić information content (AvgIpc) is 3.80. The molecule has 0 saturated carbocycles. The van der Waals surface area contributed by atoms with E-state index in [1.54, 1.807) is 0 Å². The Hall–Kier alpha value is -5.46. The van der Waals surface area contributed by atoms with Gasteiger partial charge >= 0.3 is 0 Å². The maximum Gasteiger partial charge on any atom is 0.253 e. The van der Waals surface area contributed by atoms with E-state index in [-0.39, 0.29) is 51.4 Å². The van der Waals surface area contributed by atoms with Crippen molar-refractivity contribution in [2.75, 3.05) is 39.4 Å². The van der Waals surface area contributed by atoms with Gasteiger partial charge in [0.25, 0.3) is 11.8 Å². The Balaban J connectivity index is 1.17. The van der Waals surface area contributed by atoms with Crippen molar-refractivity contribution in [2.24, 2.45) is 17.4 Å². The molecule has 5 rings (SSSR count). The van der Waals surface area contributed by atoms with Crippen LogP contribution in [0.15, 0.2) is 0 Å². The van der Waals surface area contributed by atoms with Crippen molar-refractivity contribution in [3.63, 3.8) is 0 Å². The number of hydrogen-bond acceptors (Lipinski definition) is 14. The molecule has 0 unspecified atom stereocenters. The van der Waals surface area contributed by atoms with Gasteiger partial charge in [-0.2, -0.15) is 0 Å². The number of carbonyl (C=O) groups is 10. The van der Waals surface area contributed by atoms with Crippen LogP contribution < -0.4 is 32.7 Å². The number of likely N-dealkylation sites (tertiary alicyclic amines) is 4. The first-order valence-electron chi connectivity index (χ1n) is 21.9. The first-order valence-corrected chi connectivity index (χ1v) is 21.9. The molecular formula is C40H62N10O14. The maximum absolute atomic E-state index is 14.1. The van der Waals surface area contributed by atoms with Crippen LogP contribution in [0, 0.1) is 5.92 Å². The summed E-state index contributed by atoms with van der Waals surface area (Å²) >= 11 is 0. The van der Waals surface area contributed by atoms with Crippen LogP contribution in [0.1, 0.15) is 78.6 Å². The summed E-state index contributed by atoms with van der Waals surface area (Å²) in [6, 6.07) is -9.31. The lowest BCUT2D eigenvalue weighted by atomic mass is 10.0. The predicted molar refractivity (Wildman–Crippen MR) is 219 cm³/mol. The van der Waals surface area contributed by atoms with Gasteiger partial charge in [0.1, 0.15) is 48.3 Å². The maximum atomic E-state index is 14.1. The van der Waals surface area contributed by atoms with Gasteiger partial charge in [-0.3, -0.25) is 47.9 Å². The van der Waals surface area contributed by atoms with Gasteiger partial charge < -0.3 is 72.4 Å². The lowest BCUT2D eigenvalue weighted by molar-refractivity contribution is -0.151. The van der Waals surface area contributed by atoms with Crippen molar-refractivity contribution >= 4 is 59.1 Å². The zero-order valence-corrected chi connectivity index (χ0v) is 36.3. The predicted octanol–water partition coefficient (Wildman–Crippen LogP) is -5.96. The number of ether oxygens (including phenoxy) is 1. The van der Waals surface area contributed by atoms with Crippen LogP contribution in [0.4, 0.5) is 0 Å². The number of carbonyl (C=O) groups excluding carboxylic acids is 10. The molecule has 11 atom stereocenters. The minimum absolute atomic E-state index is 0.108. The molecule has 5 fully saturated rings. The Morgan fingerprint density at radius 3 is 1.41 bits per heavy atom. The van der Waals surface area contributed by atoms with Crippen LogP contribution in [0.2, 0.25) is 0 Å². The third kappa shape index (κ3) is 11.2. The largest absolute Gasteiger partial charge is 0.394 e. The third-order valence-electron chi connectivity index (χ3n) is 12.4. The minimum Gasteiger partial charge on any atom is -0.394 e. The molecule has 0 radical (unpaired) electrons. The van der Waals surface area contributed by atoms with E-state index in [1.165, 1.54) is 26.5 Å². The quantitative estimate of drug-likeness (QED) is 0.0546. The van der Waals surface area contributed by atoms with Gasteiger partial charge in [-0.05, 0) is 70.6 Å². The smallest absolute Gasteiger partial charge is 0.253 e. The van der Waals surface area contributed by atoms with Crippen molar-refractivity contribution in [1.29, 1.82) is 0 Å². The molecule has 5 heterocycles. The van der Waals surface area contributed by atoms with E-state index in [0.717, 1.165) is 0 Å². The van der Waals surface area contributed by atoms with Gasteiger partial charge in [-0.15, -0.1) is 0 Å².